The molecule has 3 aromatic rings. The number of halogens is 2. The first-order valence-corrected chi connectivity index (χ1v) is 9.13. The molecular formula is C19H24F2N6O2. The van der Waals surface area contributed by atoms with Crippen molar-refractivity contribution < 1.29 is 18.6 Å². The standard InChI is InChI=1S/C15H16FN5O2.C4H8FN/c1-15(2,22)13-11(23-3)6-12-18-7-10(21(12)20-13)9-5-4-8(16)14(17)19-9;5-4-1-2-6-3-4/h4-7,22H,1-3H3,(H2,17,19);4,6H,1-3H2. The smallest absolute Gasteiger partial charge is 0.165 e. The fourth-order valence-electron chi connectivity index (χ4n) is 2.87. The van der Waals surface area contributed by atoms with Crippen molar-refractivity contribution in [2.45, 2.75) is 32.0 Å². The van der Waals surface area contributed by atoms with E-state index in [0.29, 0.717) is 41.4 Å². The van der Waals surface area contributed by atoms with Gasteiger partial charge in [-0.1, -0.05) is 0 Å². The SMILES string of the molecule is COc1cc2ncc(-c3ccc(F)c(N)n3)n2nc1C(C)(C)O.FC1CCNC1. The van der Waals surface area contributed by atoms with Crippen LogP contribution in [0.15, 0.2) is 24.4 Å². The van der Waals surface area contributed by atoms with E-state index < -0.39 is 17.6 Å². The summed E-state index contributed by atoms with van der Waals surface area (Å²) in [5, 5.41) is 17.6. The molecular weight excluding hydrogens is 382 g/mol. The molecule has 4 N–H and O–H groups in total. The number of aliphatic hydroxyl groups is 1. The summed E-state index contributed by atoms with van der Waals surface area (Å²) in [7, 11) is 1.49. The maximum Gasteiger partial charge on any atom is 0.165 e. The minimum atomic E-state index is -1.21. The summed E-state index contributed by atoms with van der Waals surface area (Å²) in [6.45, 7) is 4.64. The molecule has 1 fully saturated rings. The van der Waals surface area contributed by atoms with Gasteiger partial charge in [-0.05, 0) is 38.9 Å². The zero-order chi connectivity index (χ0) is 21.2. The van der Waals surface area contributed by atoms with Gasteiger partial charge in [0.2, 0.25) is 0 Å². The molecule has 10 heteroatoms. The Labute approximate surface area is 166 Å². The van der Waals surface area contributed by atoms with Gasteiger partial charge in [0.1, 0.15) is 28.9 Å². The molecule has 0 amide bonds. The van der Waals surface area contributed by atoms with Crippen molar-refractivity contribution in [2.24, 2.45) is 0 Å². The van der Waals surface area contributed by atoms with Crippen LogP contribution in [0.1, 0.15) is 26.0 Å². The maximum absolute atomic E-state index is 13.3. The van der Waals surface area contributed by atoms with E-state index in [4.69, 9.17) is 10.5 Å². The second kappa shape index (κ2) is 8.26. The lowest BCUT2D eigenvalue weighted by molar-refractivity contribution is 0.0694. The largest absolute Gasteiger partial charge is 0.495 e. The number of alkyl halides is 1. The molecule has 156 valence electrons. The minimum absolute atomic E-state index is 0.200. The van der Waals surface area contributed by atoms with E-state index in [1.807, 2.05) is 0 Å². The zero-order valence-electron chi connectivity index (χ0n) is 16.5. The minimum Gasteiger partial charge on any atom is -0.495 e. The van der Waals surface area contributed by atoms with Crippen molar-refractivity contribution in [3.8, 4) is 17.1 Å². The number of imidazole rings is 1. The molecule has 0 radical (unpaired) electrons. The highest BCUT2D eigenvalue weighted by molar-refractivity contribution is 5.62. The van der Waals surface area contributed by atoms with Gasteiger partial charge in [0.15, 0.2) is 17.3 Å². The predicted molar refractivity (Wildman–Crippen MR) is 105 cm³/mol. The third kappa shape index (κ3) is 4.60. The Kier molecular flexibility index (Phi) is 5.94. The van der Waals surface area contributed by atoms with Crippen molar-refractivity contribution in [3.63, 3.8) is 0 Å². The molecule has 4 heterocycles. The van der Waals surface area contributed by atoms with E-state index in [1.165, 1.54) is 23.8 Å². The summed E-state index contributed by atoms with van der Waals surface area (Å²) >= 11 is 0. The second-order valence-corrected chi connectivity index (χ2v) is 7.19. The molecule has 8 nitrogen and oxygen atoms in total. The highest BCUT2D eigenvalue weighted by Crippen LogP contribution is 2.30. The first-order valence-electron chi connectivity index (χ1n) is 9.13. The summed E-state index contributed by atoms with van der Waals surface area (Å²) in [6.07, 6.45) is 1.69. The van der Waals surface area contributed by atoms with Crippen LogP contribution in [-0.4, -0.2) is 51.1 Å². The van der Waals surface area contributed by atoms with E-state index in [2.05, 4.69) is 20.4 Å². The number of aromatic nitrogens is 4. The van der Waals surface area contributed by atoms with Gasteiger partial charge in [0.25, 0.3) is 0 Å². The van der Waals surface area contributed by atoms with Crippen LogP contribution in [0.3, 0.4) is 0 Å². The summed E-state index contributed by atoms with van der Waals surface area (Å²) in [5.74, 6) is -0.364. The molecule has 0 saturated carbocycles. The summed E-state index contributed by atoms with van der Waals surface area (Å²) in [4.78, 5) is 8.25. The predicted octanol–water partition coefficient (Wildman–Crippen LogP) is 2.07. The van der Waals surface area contributed by atoms with E-state index in [9.17, 15) is 13.9 Å². The van der Waals surface area contributed by atoms with Crippen molar-refractivity contribution in [3.05, 3.63) is 35.9 Å². The lowest BCUT2D eigenvalue weighted by Crippen LogP contribution is -2.20. The van der Waals surface area contributed by atoms with Crippen LogP contribution in [0.5, 0.6) is 5.75 Å². The molecule has 0 aromatic carbocycles. The molecule has 4 rings (SSSR count). The Balaban J connectivity index is 0.000000343. The number of nitrogen functional groups attached to an aromatic ring is 1. The van der Waals surface area contributed by atoms with E-state index >= 15 is 0 Å². The van der Waals surface area contributed by atoms with E-state index in [0.717, 1.165) is 6.54 Å². The molecule has 3 aromatic heterocycles. The number of hydrogen-bond donors (Lipinski definition) is 3. The molecule has 1 unspecified atom stereocenters. The van der Waals surface area contributed by atoms with Gasteiger partial charge in [0.05, 0.1) is 19.0 Å². The topological polar surface area (TPSA) is 111 Å². The molecule has 1 aliphatic rings. The monoisotopic (exact) mass is 406 g/mol. The van der Waals surface area contributed by atoms with Crippen LogP contribution < -0.4 is 15.8 Å². The molecule has 29 heavy (non-hydrogen) atoms. The summed E-state index contributed by atoms with van der Waals surface area (Å²) in [5.41, 5.74) is 6.12. The Morgan fingerprint density at radius 2 is 2.14 bits per heavy atom. The quantitative estimate of drug-likeness (QED) is 0.611. The second-order valence-electron chi connectivity index (χ2n) is 7.19. The molecule has 0 aliphatic carbocycles. The highest BCUT2D eigenvalue weighted by atomic mass is 19.1. The van der Waals surface area contributed by atoms with Crippen LogP contribution in [0.25, 0.3) is 17.0 Å². The number of hydrogen-bond acceptors (Lipinski definition) is 7. The number of methoxy groups -OCH3 is 1. The Morgan fingerprint density at radius 1 is 1.38 bits per heavy atom. The fourth-order valence-corrected chi connectivity index (χ4v) is 2.87. The van der Waals surface area contributed by atoms with Gasteiger partial charge < -0.3 is 20.9 Å². The third-order valence-corrected chi connectivity index (χ3v) is 4.39. The Hall–Kier alpha value is -2.85. The molecule has 1 saturated heterocycles. The Bertz CT molecular complexity index is 996. The van der Waals surface area contributed by atoms with Crippen molar-refractivity contribution in [2.75, 3.05) is 25.9 Å². The van der Waals surface area contributed by atoms with Crippen molar-refractivity contribution in [1.82, 2.24) is 24.9 Å². The number of fused-ring (bicyclic) bond motifs is 1. The molecule has 0 bridgehead atoms. The van der Waals surface area contributed by atoms with Crippen LogP contribution in [0, 0.1) is 5.82 Å². The van der Waals surface area contributed by atoms with E-state index in [-0.39, 0.29) is 5.82 Å². The molecule has 0 spiro atoms. The third-order valence-electron chi connectivity index (χ3n) is 4.39. The number of nitrogens with one attached hydrogen (secondary N) is 1. The first kappa shape index (κ1) is 20.9. The highest BCUT2D eigenvalue weighted by Gasteiger charge is 2.25. The van der Waals surface area contributed by atoms with Crippen molar-refractivity contribution in [1.29, 1.82) is 0 Å². The molecule has 1 aliphatic heterocycles. The van der Waals surface area contributed by atoms with Crippen LogP contribution in [-0.2, 0) is 5.60 Å². The van der Waals surface area contributed by atoms with Crippen molar-refractivity contribution >= 4 is 11.5 Å². The molecule has 1 atom stereocenters. The number of ether oxygens (including phenoxy) is 1. The zero-order valence-corrected chi connectivity index (χ0v) is 16.5. The number of nitrogens with zero attached hydrogens (tertiary/aromatic N) is 4. The number of pyridine rings is 1. The van der Waals surface area contributed by atoms with Gasteiger partial charge in [-0.2, -0.15) is 5.10 Å². The average Bonchev–Trinajstić information content (AvgIpc) is 3.31. The average molecular weight is 406 g/mol. The van der Waals surface area contributed by atoms with Crippen LogP contribution >= 0.6 is 0 Å². The number of rotatable bonds is 3. The van der Waals surface area contributed by atoms with Crippen LogP contribution in [0.2, 0.25) is 0 Å². The van der Waals surface area contributed by atoms with Gasteiger partial charge in [-0.15, -0.1) is 0 Å². The maximum atomic E-state index is 13.3. The van der Waals surface area contributed by atoms with Gasteiger partial charge in [-0.3, -0.25) is 0 Å². The van der Waals surface area contributed by atoms with E-state index in [1.54, 1.807) is 26.1 Å². The summed E-state index contributed by atoms with van der Waals surface area (Å²) < 4.78 is 31.9. The van der Waals surface area contributed by atoms with Gasteiger partial charge >= 0.3 is 0 Å². The first-order chi connectivity index (χ1) is 13.7. The van der Waals surface area contributed by atoms with Gasteiger partial charge in [0, 0.05) is 12.6 Å². The Morgan fingerprint density at radius 3 is 2.66 bits per heavy atom. The number of anilines is 1. The normalized spacial score (nSPS) is 16.6. The fraction of sp³-hybridized carbons (Fsp3) is 0.421. The number of nitrogens with two attached hydrogens (primary N) is 1. The lowest BCUT2D eigenvalue weighted by atomic mass is 10.0. The van der Waals surface area contributed by atoms with Crippen LogP contribution in [0.4, 0.5) is 14.6 Å². The van der Waals surface area contributed by atoms with Gasteiger partial charge in [-0.25, -0.2) is 23.3 Å². The summed E-state index contributed by atoms with van der Waals surface area (Å²) in [6, 6.07) is 4.39. The lowest BCUT2D eigenvalue weighted by Gasteiger charge is -2.19.